The lowest BCUT2D eigenvalue weighted by Gasteiger charge is -2.30. The molecule has 1 saturated carbocycles. The van der Waals surface area contributed by atoms with E-state index in [-0.39, 0.29) is 29.8 Å². The van der Waals surface area contributed by atoms with Crippen molar-refractivity contribution in [2.45, 2.75) is 51.7 Å². The lowest BCUT2D eigenvalue weighted by Crippen LogP contribution is -2.41. The van der Waals surface area contributed by atoms with Gasteiger partial charge in [-0.3, -0.25) is 9.59 Å². The Morgan fingerprint density at radius 2 is 1.92 bits per heavy atom. The van der Waals surface area contributed by atoms with Gasteiger partial charge >= 0.3 is 0 Å². The minimum atomic E-state index is -0.273. The number of ether oxygens (including phenoxy) is 1. The van der Waals surface area contributed by atoms with E-state index < -0.39 is 0 Å². The van der Waals surface area contributed by atoms with Gasteiger partial charge in [0.15, 0.2) is 5.75 Å². The van der Waals surface area contributed by atoms with Crippen LogP contribution in [0, 0.1) is 6.92 Å². The van der Waals surface area contributed by atoms with Crippen molar-refractivity contribution in [3.63, 3.8) is 0 Å². The Labute approximate surface area is 154 Å². The fourth-order valence-corrected chi connectivity index (χ4v) is 3.64. The van der Waals surface area contributed by atoms with Crippen molar-refractivity contribution < 1.29 is 9.53 Å². The second kappa shape index (κ2) is 8.21. The number of methoxy groups -OCH3 is 1. The maximum Gasteiger partial charge on any atom is 0.293 e. The lowest BCUT2D eigenvalue weighted by molar-refractivity contribution is -0.134. The SMILES string of the molecule is COc1cccn(CC(=O)N(Cc2ccccc2C)C2CCCC2)c1=O. The van der Waals surface area contributed by atoms with Gasteiger partial charge in [-0.05, 0) is 43.0 Å². The van der Waals surface area contributed by atoms with E-state index in [4.69, 9.17) is 4.74 Å². The maximum atomic E-state index is 13.1. The molecule has 1 fully saturated rings. The fraction of sp³-hybridized carbons (Fsp3) is 0.429. The molecule has 0 atom stereocenters. The normalized spacial score (nSPS) is 14.4. The third-order valence-electron chi connectivity index (χ3n) is 5.20. The molecule has 1 amide bonds. The van der Waals surface area contributed by atoms with Crippen LogP contribution in [0.3, 0.4) is 0 Å². The highest BCUT2D eigenvalue weighted by atomic mass is 16.5. The van der Waals surface area contributed by atoms with E-state index >= 15 is 0 Å². The molecule has 0 radical (unpaired) electrons. The van der Waals surface area contributed by atoms with Crippen LogP contribution in [0.15, 0.2) is 47.4 Å². The Kier molecular flexibility index (Phi) is 5.76. The molecule has 138 valence electrons. The van der Waals surface area contributed by atoms with E-state index in [0.717, 1.165) is 31.2 Å². The summed E-state index contributed by atoms with van der Waals surface area (Å²) in [4.78, 5) is 27.4. The highest BCUT2D eigenvalue weighted by molar-refractivity contribution is 5.76. The van der Waals surface area contributed by atoms with E-state index in [2.05, 4.69) is 19.1 Å². The number of rotatable bonds is 6. The molecule has 1 aliphatic rings. The molecule has 3 rings (SSSR count). The second-order valence-corrected chi connectivity index (χ2v) is 6.90. The number of carbonyl (C=O) groups is 1. The molecule has 5 nitrogen and oxygen atoms in total. The third-order valence-corrected chi connectivity index (χ3v) is 5.20. The average molecular weight is 354 g/mol. The van der Waals surface area contributed by atoms with Gasteiger partial charge in [-0.1, -0.05) is 37.1 Å². The van der Waals surface area contributed by atoms with Crippen LogP contribution in [-0.2, 0) is 17.9 Å². The van der Waals surface area contributed by atoms with E-state index in [9.17, 15) is 9.59 Å². The molecule has 5 heteroatoms. The molecule has 0 saturated heterocycles. The number of nitrogens with zero attached hydrogens (tertiary/aromatic N) is 2. The van der Waals surface area contributed by atoms with Crippen molar-refractivity contribution in [3.8, 4) is 5.75 Å². The van der Waals surface area contributed by atoms with Gasteiger partial charge in [0.2, 0.25) is 5.91 Å². The van der Waals surface area contributed by atoms with Crippen molar-refractivity contribution in [1.29, 1.82) is 0 Å². The van der Waals surface area contributed by atoms with Crippen molar-refractivity contribution >= 4 is 5.91 Å². The maximum absolute atomic E-state index is 13.1. The predicted octanol–water partition coefficient (Wildman–Crippen LogP) is 3.14. The van der Waals surface area contributed by atoms with Crippen LogP contribution in [-0.4, -0.2) is 28.5 Å². The zero-order valence-electron chi connectivity index (χ0n) is 15.5. The largest absolute Gasteiger partial charge is 0.491 e. The molecule has 0 spiro atoms. The molecule has 1 aliphatic carbocycles. The van der Waals surface area contributed by atoms with Gasteiger partial charge in [0.25, 0.3) is 5.56 Å². The zero-order chi connectivity index (χ0) is 18.5. The van der Waals surface area contributed by atoms with Gasteiger partial charge in [-0.2, -0.15) is 0 Å². The Bertz CT molecular complexity index is 822. The highest BCUT2D eigenvalue weighted by Gasteiger charge is 2.27. The lowest BCUT2D eigenvalue weighted by atomic mass is 10.1. The molecule has 2 aromatic rings. The summed E-state index contributed by atoms with van der Waals surface area (Å²) in [5, 5.41) is 0. The van der Waals surface area contributed by atoms with Gasteiger partial charge in [-0.15, -0.1) is 0 Å². The summed E-state index contributed by atoms with van der Waals surface area (Å²) < 4.78 is 6.51. The van der Waals surface area contributed by atoms with Gasteiger partial charge in [0, 0.05) is 18.8 Å². The van der Waals surface area contributed by atoms with Crippen LogP contribution in [0.1, 0.15) is 36.8 Å². The first-order valence-electron chi connectivity index (χ1n) is 9.17. The minimum Gasteiger partial charge on any atom is -0.491 e. The first-order valence-corrected chi connectivity index (χ1v) is 9.17. The molecule has 1 heterocycles. The number of pyridine rings is 1. The number of hydrogen-bond donors (Lipinski definition) is 0. The monoisotopic (exact) mass is 354 g/mol. The molecular weight excluding hydrogens is 328 g/mol. The third kappa shape index (κ3) is 3.98. The number of benzene rings is 1. The Morgan fingerprint density at radius 3 is 2.62 bits per heavy atom. The summed E-state index contributed by atoms with van der Waals surface area (Å²) in [6, 6.07) is 11.8. The molecule has 0 aliphatic heterocycles. The van der Waals surface area contributed by atoms with Gasteiger partial charge in [0.05, 0.1) is 7.11 Å². The van der Waals surface area contributed by atoms with Gasteiger partial charge in [-0.25, -0.2) is 0 Å². The van der Waals surface area contributed by atoms with Gasteiger partial charge in [0.1, 0.15) is 6.54 Å². The first-order chi connectivity index (χ1) is 12.6. The molecular formula is C21H26N2O3. The number of carbonyl (C=O) groups excluding carboxylic acids is 1. The van der Waals surface area contributed by atoms with E-state index in [1.165, 1.54) is 17.2 Å². The van der Waals surface area contributed by atoms with E-state index in [1.807, 2.05) is 17.0 Å². The Hall–Kier alpha value is -2.56. The summed E-state index contributed by atoms with van der Waals surface area (Å²) >= 11 is 0. The average Bonchev–Trinajstić information content (AvgIpc) is 3.17. The quantitative estimate of drug-likeness (QED) is 0.801. The summed E-state index contributed by atoms with van der Waals surface area (Å²) in [5.41, 5.74) is 2.07. The van der Waals surface area contributed by atoms with Crippen molar-refractivity contribution in [2.75, 3.05) is 7.11 Å². The highest BCUT2D eigenvalue weighted by Crippen LogP contribution is 2.26. The summed E-state index contributed by atoms with van der Waals surface area (Å²) in [5.74, 6) is 0.238. The molecule has 26 heavy (non-hydrogen) atoms. The van der Waals surface area contributed by atoms with Crippen LogP contribution in [0.2, 0.25) is 0 Å². The summed E-state index contributed by atoms with van der Waals surface area (Å²) in [6.07, 6.45) is 6.02. The number of hydrogen-bond acceptors (Lipinski definition) is 3. The molecule has 1 aromatic carbocycles. The van der Waals surface area contributed by atoms with Crippen LogP contribution in [0.4, 0.5) is 0 Å². The van der Waals surface area contributed by atoms with Gasteiger partial charge < -0.3 is 14.2 Å². The second-order valence-electron chi connectivity index (χ2n) is 6.90. The van der Waals surface area contributed by atoms with E-state index in [0.29, 0.717) is 6.54 Å². The topological polar surface area (TPSA) is 51.5 Å². The van der Waals surface area contributed by atoms with E-state index in [1.54, 1.807) is 18.3 Å². The van der Waals surface area contributed by atoms with Crippen LogP contribution in [0.5, 0.6) is 5.75 Å². The Morgan fingerprint density at radius 1 is 1.19 bits per heavy atom. The fourth-order valence-electron chi connectivity index (χ4n) is 3.64. The summed E-state index contributed by atoms with van der Waals surface area (Å²) in [7, 11) is 1.46. The zero-order valence-corrected chi connectivity index (χ0v) is 15.5. The molecule has 0 unspecified atom stereocenters. The molecule has 1 aromatic heterocycles. The van der Waals surface area contributed by atoms with Crippen LogP contribution < -0.4 is 10.3 Å². The summed E-state index contributed by atoms with van der Waals surface area (Å²) in [6.45, 7) is 2.70. The van der Waals surface area contributed by atoms with Crippen molar-refractivity contribution in [2.24, 2.45) is 0 Å². The van der Waals surface area contributed by atoms with Crippen molar-refractivity contribution in [1.82, 2.24) is 9.47 Å². The van der Waals surface area contributed by atoms with Crippen molar-refractivity contribution in [3.05, 3.63) is 64.1 Å². The van der Waals surface area contributed by atoms with Crippen LogP contribution in [0.25, 0.3) is 0 Å². The number of aryl methyl sites for hydroxylation is 1. The minimum absolute atomic E-state index is 0.0180. The Balaban J connectivity index is 1.83. The predicted molar refractivity (Wildman–Crippen MR) is 101 cm³/mol. The molecule has 0 bridgehead atoms. The van der Waals surface area contributed by atoms with Crippen LogP contribution >= 0.6 is 0 Å². The number of aromatic nitrogens is 1. The number of amides is 1. The first kappa shape index (κ1) is 18.2. The smallest absolute Gasteiger partial charge is 0.293 e. The standard InChI is InChI=1S/C21H26N2O3/c1-16-8-3-4-9-17(16)14-23(18-10-5-6-11-18)20(24)15-22-13-7-12-19(26-2)21(22)25/h3-4,7-9,12-13,18H,5-6,10-11,14-15H2,1-2H3. The molecule has 0 N–H and O–H groups in total.